The minimum atomic E-state index is -0.0232. The number of benzene rings is 1. The van der Waals surface area contributed by atoms with Crippen molar-refractivity contribution in [3.05, 3.63) is 35.4 Å². The van der Waals surface area contributed by atoms with E-state index in [2.05, 4.69) is 0 Å². The number of carbonyl (C=O) groups is 2. The summed E-state index contributed by atoms with van der Waals surface area (Å²) in [5.74, 6) is 0.0873. The highest BCUT2D eigenvalue weighted by atomic mass is 16.5. The molecule has 1 aromatic carbocycles. The fourth-order valence-electron chi connectivity index (χ4n) is 2.73. The van der Waals surface area contributed by atoms with Gasteiger partial charge in [-0.25, -0.2) is 0 Å². The normalized spacial score (nSPS) is 22.4. The Bertz CT molecular complexity index is 506. The lowest BCUT2D eigenvalue weighted by atomic mass is 9.97. The Morgan fingerprint density at radius 1 is 1.37 bits per heavy atom. The predicted molar refractivity (Wildman–Crippen MR) is 70.0 cm³/mol. The Kier molecular flexibility index (Phi) is 3.34. The molecule has 1 fully saturated rings. The number of rotatable bonds is 3. The zero-order chi connectivity index (χ0) is 13.2. The van der Waals surface area contributed by atoms with Crippen molar-refractivity contribution < 1.29 is 14.3 Å². The van der Waals surface area contributed by atoms with E-state index >= 15 is 0 Å². The molecule has 0 N–H and O–H groups in total. The van der Waals surface area contributed by atoms with Crippen LogP contribution in [0.4, 0.5) is 0 Å². The molecule has 0 radical (unpaired) electrons. The second-order valence-corrected chi connectivity index (χ2v) is 5.16. The molecule has 1 unspecified atom stereocenters. The monoisotopic (exact) mass is 259 g/mol. The van der Waals surface area contributed by atoms with Crippen molar-refractivity contribution in [2.24, 2.45) is 5.92 Å². The van der Waals surface area contributed by atoms with E-state index in [0.717, 1.165) is 24.0 Å². The topological polar surface area (TPSA) is 46.6 Å². The number of ether oxygens (including phenoxy) is 1. The van der Waals surface area contributed by atoms with Crippen molar-refractivity contribution in [1.82, 2.24) is 4.90 Å². The smallest absolute Gasteiger partial charge is 0.254 e. The predicted octanol–water partition coefficient (Wildman–Crippen LogP) is 1.29. The van der Waals surface area contributed by atoms with Crippen molar-refractivity contribution in [3.63, 3.8) is 0 Å². The summed E-state index contributed by atoms with van der Waals surface area (Å²) in [6.07, 6.45) is 1.62. The van der Waals surface area contributed by atoms with Crippen LogP contribution in [0.25, 0.3) is 0 Å². The van der Waals surface area contributed by atoms with Crippen LogP contribution < -0.4 is 0 Å². The van der Waals surface area contributed by atoms with E-state index in [4.69, 9.17) is 4.74 Å². The molecule has 4 nitrogen and oxygen atoms in total. The molecule has 0 aromatic heterocycles. The lowest BCUT2D eigenvalue weighted by molar-refractivity contribution is -0.123. The highest BCUT2D eigenvalue weighted by Gasteiger charge is 2.29. The van der Waals surface area contributed by atoms with Gasteiger partial charge >= 0.3 is 0 Å². The number of Topliss-reactive ketones (excluding diaryl/α,β-unsaturated/α-hetero) is 1. The molecule has 2 aliphatic heterocycles. The van der Waals surface area contributed by atoms with E-state index in [1.54, 1.807) is 4.90 Å². The fourth-order valence-corrected chi connectivity index (χ4v) is 2.73. The van der Waals surface area contributed by atoms with E-state index in [-0.39, 0.29) is 24.2 Å². The first-order valence-electron chi connectivity index (χ1n) is 6.73. The largest absolute Gasteiger partial charge is 0.381 e. The van der Waals surface area contributed by atoms with Crippen LogP contribution in [0.2, 0.25) is 0 Å². The number of ketones is 1. The summed E-state index contributed by atoms with van der Waals surface area (Å²) >= 11 is 0. The molecule has 1 atom stereocenters. The highest BCUT2D eigenvalue weighted by Crippen LogP contribution is 2.20. The molecule has 1 saturated heterocycles. The zero-order valence-corrected chi connectivity index (χ0v) is 10.8. The summed E-state index contributed by atoms with van der Waals surface area (Å²) in [6, 6.07) is 7.64. The first-order chi connectivity index (χ1) is 9.25. The van der Waals surface area contributed by atoms with Gasteiger partial charge in [-0.1, -0.05) is 18.2 Å². The average molecular weight is 259 g/mol. The van der Waals surface area contributed by atoms with Crippen molar-refractivity contribution in [2.75, 3.05) is 26.3 Å². The standard InChI is InChI=1S/C15H17NO3/c17-14(12-6-8-19-10-12)9-16-7-5-11-3-1-2-4-13(11)15(16)18/h1-4,12H,5-10H2. The van der Waals surface area contributed by atoms with E-state index in [9.17, 15) is 9.59 Å². The maximum atomic E-state index is 12.3. The molecule has 4 heteroatoms. The summed E-state index contributed by atoms with van der Waals surface area (Å²) in [5.41, 5.74) is 1.82. The van der Waals surface area contributed by atoms with Gasteiger partial charge in [-0.2, -0.15) is 0 Å². The van der Waals surface area contributed by atoms with Gasteiger partial charge in [0.05, 0.1) is 13.2 Å². The van der Waals surface area contributed by atoms with Crippen LogP contribution in [0.15, 0.2) is 24.3 Å². The number of hydrogen-bond acceptors (Lipinski definition) is 3. The Morgan fingerprint density at radius 3 is 3.00 bits per heavy atom. The molecular formula is C15H17NO3. The Balaban J connectivity index is 1.70. The third-order valence-corrected chi connectivity index (χ3v) is 3.92. The minimum absolute atomic E-state index is 0.0193. The molecule has 0 aliphatic carbocycles. The molecule has 2 aliphatic rings. The molecule has 0 spiro atoms. The van der Waals surface area contributed by atoms with E-state index in [1.807, 2.05) is 24.3 Å². The van der Waals surface area contributed by atoms with Gasteiger partial charge in [0.2, 0.25) is 0 Å². The van der Waals surface area contributed by atoms with E-state index in [0.29, 0.717) is 19.8 Å². The van der Waals surface area contributed by atoms with Gasteiger partial charge in [-0.05, 0) is 24.5 Å². The van der Waals surface area contributed by atoms with Crippen LogP contribution in [0.1, 0.15) is 22.3 Å². The molecule has 0 saturated carbocycles. The number of carbonyl (C=O) groups excluding carboxylic acids is 2. The molecule has 3 rings (SSSR count). The second kappa shape index (κ2) is 5.13. The number of amides is 1. The third-order valence-electron chi connectivity index (χ3n) is 3.92. The number of fused-ring (bicyclic) bond motifs is 1. The maximum Gasteiger partial charge on any atom is 0.254 e. The lowest BCUT2D eigenvalue weighted by Crippen LogP contribution is -2.42. The van der Waals surface area contributed by atoms with Crippen molar-refractivity contribution in [2.45, 2.75) is 12.8 Å². The molecule has 0 bridgehead atoms. The van der Waals surface area contributed by atoms with Gasteiger partial charge in [0, 0.05) is 24.6 Å². The van der Waals surface area contributed by atoms with Gasteiger partial charge in [-0.3, -0.25) is 9.59 Å². The van der Waals surface area contributed by atoms with Crippen LogP contribution in [-0.4, -0.2) is 42.9 Å². The number of nitrogens with zero attached hydrogens (tertiary/aromatic N) is 1. The fraction of sp³-hybridized carbons (Fsp3) is 0.467. The van der Waals surface area contributed by atoms with Crippen molar-refractivity contribution in [1.29, 1.82) is 0 Å². The van der Waals surface area contributed by atoms with Crippen LogP contribution in [0.3, 0.4) is 0 Å². The Labute approximate surface area is 112 Å². The van der Waals surface area contributed by atoms with Crippen LogP contribution in [0, 0.1) is 5.92 Å². The first kappa shape index (κ1) is 12.4. The van der Waals surface area contributed by atoms with Gasteiger partial charge < -0.3 is 9.64 Å². The summed E-state index contributed by atoms with van der Waals surface area (Å²) in [6.45, 7) is 2.03. The van der Waals surface area contributed by atoms with Gasteiger partial charge in [0.25, 0.3) is 5.91 Å². The second-order valence-electron chi connectivity index (χ2n) is 5.16. The number of hydrogen-bond donors (Lipinski definition) is 0. The van der Waals surface area contributed by atoms with E-state index in [1.165, 1.54) is 0 Å². The highest BCUT2D eigenvalue weighted by molar-refractivity contribution is 5.99. The van der Waals surface area contributed by atoms with Crippen molar-refractivity contribution >= 4 is 11.7 Å². The molecule has 1 amide bonds. The lowest BCUT2D eigenvalue weighted by Gasteiger charge is -2.28. The molecule has 1 aromatic rings. The molecule has 19 heavy (non-hydrogen) atoms. The van der Waals surface area contributed by atoms with Crippen LogP contribution in [0.5, 0.6) is 0 Å². The van der Waals surface area contributed by atoms with Gasteiger partial charge in [-0.15, -0.1) is 0 Å². The molecular weight excluding hydrogens is 242 g/mol. The summed E-state index contributed by atoms with van der Waals surface area (Å²) < 4.78 is 5.23. The minimum Gasteiger partial charge on any atom is -0.381 e. The summed E-state index contributed by atoms with van der Waals surface area (Å²) in [4.78, 5) is 26.1. The molecule has 2 heterocycles. The quantitative estimate of drug-likeness (QED) is 0.821. The average Bonchev–Trinajstić information content (AvgIpc) is 2.96. The Hall–Kier alpha value is -1.68. The summed E-state index contributed by atoms with van der Waals surface area (Å²) in [5, 5.41) is 0. The van der Waals surface area contributed by atoms with Crippen LogP contribution in [-0.2, 0) is 16.0 Å². The maximum absolute atomic E-state index is 12.3. The first-order valence-corrected chi connectivity index (χ1v) is 6.73. The summed E-state index contributed by atoms with van der Waals surface area (Å²) in [7, 11) is 0. The zero-order valence-electron chi connectivity index (χ0n) is 10.8. The SMILES string of the molecule is O=C(CN1CCc2ccccc2C1=O)C1CCOC1. The van der Waals surface area contributed by atoms with Crippen molar-refractivity contribution in [3.8, 4) is 0 Å². The molecule has 100 valence electrons. The van der Waals surface area contributed by atoms with Gasteiger partial charge in [0.15, 0.2) is 5.78 Å². The van der Waals surface area contributed by atoms with Crippen LogP contribution >= 0.6 is 0 Å². The Morgan fingerprint density at radius 2 is 2.21 bits per heavy atom. The van der Waals surface area contributed by atoms with Gasteiger partial charge in [0.1, 0.15) is 0 Å². The third kappa shape index (κ3) is 2.40. The van der Waals surface area contributed by atoms with E-state index < -0.39 is 0 Å².